The van der Waals surface area contributed by atoms with E-state index in [0.717, 1.165) is 0 Å². The van der Waals surface area contributed by atoms with Gasteiger partial charge in [-0.05, 0) is 0 Å². The molecule has 2 N–H and O–H groups in total. The second kappa shape index (κ2) is 15.7. The fourth-order valence-corrected chi connectivity index (χ4v) is 0. The van der Waals surface area contributed by atoms with Gasteiger partial charge in [-0.2, -0.15) is 0 Å². The maximum atomic E-state index is 8.74. The van der Waals surface area contributed by atoms with E-state index in [9.17, 15) is 0 Å². The molecule has 0 bridgehead atoms. The molecule has 0 aromatic carbocycles. The Morgan fingerprint density at radius 1 is 1.14 bits per heavy atom. The molecule has 0 aliphatic heterocycles. The van der Waals surface area contributed by atoms with Crippen molar-refractivity contribution in [3.8, 4) is 0 Å². The fourth-order valence-electron chi connectivity index (χ4n) is 0. The van der Waals surface area contributed by atoms with Crippen LogP contribution in [0.15, 0.2) is 0 Å². The summed E-state index contributed by atoms with van der Waals surface area (Å²) in [6, 6.07) is 0. The van der Waals surface area contributed by atoms with Gasteiger partial charge in [0.05, 0.1) is 0 Å². The van der Waals surface area contributed by atoms with Gasteiger partial charge in [-0.15, -0.1) is 0 Å². The van der Waals surface area contributed by atoms with Crippen molar-refractivity contribution in [2.45, 2.75) is 0 Å². The Labute approximate surface area is 79.9 Å². The smallest absolute Gasteiger partial charge is 0.511 e. The van der Waals surface area contributed by atoms with E-state index in [1.807, 2.05) is 0 Å². The van der Waals surface area contributed by atoms with Gasteiger partial charge in [0, 0.05) is 34.1 Å². The average molecular weight is 216 g/mol. The third kappa shape index (κ3) is 108. The van der Waals surface area contributed by atoms with Crippen LogP contribution >= 0.6 is 0 Å². The van der Waals surface area contributed by atoms with E-state index >= 15 is 0 Å². The summed E-state index contributed by atoms with van der Waals surface area (Å²) in [5.74, 6) is 0. The first-order chi connectivity index (χ1) is 1.73. The predicted molar refractivity (Wildman–Crippen MR) is 19.4 cm³/mol. The molecule has 7 heavy (non-hydrogen) atoms. The molecule has 0 aliphatic carbocycles. The molecular formula is H4Fe2MgO3Si. The summed E-state index contributed by atoms with van der Waals surface area (Å²) in [4.78, 5) is 14.3. The van der Waals surface area contributed by atoms with Crippen molar-refractivity contribution in [1.29, 1.82) is 0 Å². The zero-order chi connectivity index (χ0) is 3.58. The summed E-state index contributed by atoms with van der Waals surface area (Å²) in [6.45, 7) is 0. The molecule has 0 aromatic rings. The van der Waals surface area contributed by atoms with Crippen LogP contribution in [0.25, 0.3) is 0 Å². The van der Waals surface area contributed by atoms with Crippen LogP contribution in [0.5, 0.6) is 0 Å². The minimum atomic E-state index is -3.13. The minimum Gasteiger partial charge on any atom is -0.511 e. The quantitative estimate of drug-likeness (QED) is 0.439. The Balaban J connectivity index is -0.0000000150. The fraction of sp³-hybridized carbons (Fsp3) is 0. The van der Waals surface area contributed by atoms with Crippen molar-refractivity contribution in [2.24, 2.45) is 0 Å². The summed E-state index contributed by atoms with van der Waals surface area (Å²) in [5.41, 5.74) is 0. The Morgan fingerprint density at radius 2 is 1.14 bits per heavy atom. The van der Waals surface area contributed by atoms with Gasteiger partial charge in [0.15, 0.2) is 0 Å². The molecule has 0 aromatic heterocycles. The maximum absolute atomic E-state index is 8.74. The second-order valence-corrected chi connectivity index (χ2v) is 0.848. The molecule has 0 spiro atoms. The van der Waals surface area contributed by atoms with E-state index in [-0.39, 0.29) is 57.2 Å². The number of rotatable bonds is 0. The van der Waals surface area contributed by atoms with Gasteiger partial charge in [0.25, 0.3) is 0 Å². The van der Waals surface area contributed by atoms with Gasteiger partial charge in [0.2, 0.25) is 0 Å². The normalized spacial score (nSPS) is 3.43. The van der Waals surface area contributed by atoms with Crippen molar-refractivity contribution in [3.05, 3.63) is 0 Å². The van der Waals surface area contributed by atoms with Crippen molar-refractivity contribution in [3.63, 3.8) is 0 Å². The van der Waals surface area contributed by atoms with Crippen LogP contribution in [-0.4, -0.2) is 41.8 Å². The summed E-state index contributed by atoms with van der Waals surface area (Å²) in [6.07, 6.45) is 0. The summed E-state index contributed by atoms with van der Waals surface area (Å²) < 4.78 is 8.74. The Hall–Kier alpha value is 1.42. The molecule has 7 heteroatoms. The first kappa shape index (κ1) is 23.7. The largest absolute Gasteiger partial charge is 0.761 e. The Bertz CT molecular complexity index is 35.9. The molecule has 0 saturated carbocycles. The molecule has 0 amide bonds. The molecule has 0 rings (SSSR count). The predicted octanol–water partition coefficient (Wildman–Crippen LogP) is -2.53. The van der Waals surface area contributed by atoms with Crippen LogP contribution in [-0.2, 0) is 38.6 Å². The molecule has 0 saturated heterocycles. The first-order valence-electron chi connectivity index (χ1n) is 0.651. The van der Waals surface area contributed by atoms with E-state index in [4.69, 9.17) is 14.1 Å². The standard InChI is InChI=1S/2Fe.Mg.H2O3Si.2H/c;;;1-4(2)3;;/h;;;1-2H;;. The molecule has 44 valence electrons. The van der Waals surface area contributed by atoms with E-state index in [1.54, 1.807) is 0 Å². The molecule has 0 heterocycles. The molecular weight excluding hydrogens is 212 g/mol. The average Bonchev–Trinajstić information content (AvgIpc) is 0.811. The molecule has 0 aliphatic rings. The Kier molecular flexibility index (Phi) is 53.1. The molecule has 0 fully saturated rings. The maximum Gasteiger partial charge on any atom is 0.761 e. The van der Waals surface area contributed by atoms with E-state index in [0.29, 0.717) is 0 Å². The number of hydrogen-bond donors (Lipinski definition) is 2. The van der Waals surface area contributed by atoms with Gasteiger partial charge in [0.1, 0.15) is 0 Å². The summed E-state index contributed by atoms with van der Waals surface area (Å²) >= 11 is 0. The van der Waals surface area contributed by atoms with Crippen LogP contribution < -0.4 is 0 Å². The van der Waals surface area contributed by atoms with Crippen LogP contribution in [0.4, 0.5) is 0 Å². The molecule has 0 unspecified atom stereocenters. The monoisotopic (exact) mass is 216 g/mol. The molecule has 0 radical (unpaired) electrons. The zero-order valence-corrected chi connectivity index (χ0v) is 5.72. The van der Waals surface area contributed by atoms with Crippen LogP contribution in [0, 0.1) is 0 Å². The number of hydrogen-bond acceptors (Lipinski definition) is 1. The van der Waals surface area contributed by atoms with Gasteiger partial charge in [-0.3, -0.25) is 4.46 Å². The van der Waals surface area contributed by atoms with Gasteiger partial charge in [-0.1, -0.05) is 0 Å². The SMILES string of the molecule is O=[Si](O)O.[Fe].[Fe].[MgH2]. The van der Waals surface area contributed by atoms with Crippen molar-refractivity contribution >= 4 is 32.2 Å². The Morgan fingerprint density at radius 3 is 1.14 bits per heavy atom. The van der Waals surface area contributed by atoms with Crippen molar-refractivity contribution < 1.29 is 48.2 Å². The van der Waals surface area contributed by atoms with Crippen molar-refractivity contribution in [2.75, 3.05) is 0 Å². The van der Waals surface area contributed by atoms with Crippen LogP contribution in [0.1, 0.15) is 0 Å². The van der Waals surface area contributed by atoms with Gasteiger partial charge >= 0.3 is 32.2 Å². The van der Waals surface area contributed by atoms with E-state index < -0.39 is 9.17 Å². The van der Waals surface area contributed by atoms with Crippen LogP contribution in [0.2, 0.25) is 0 Å². The summed E-state index contributed by atoms with van der Waals surface area (Å²) in [5, 5.41) is 0. The third-order valence-corrected chi connectivity index (χ3v) is 0. The first-order valence-corrected chi connectivity index (χ1v) is 1.95. The second-order valence-electron chi connectivity index (χ2n) is 0.283. The topological polar surface area (TPSA) is 57.5 Å². The van der Waals surface area contributed by atoms with Crippen LogP contribution in [0.3, 0.4) is 0 Å². The summed E-state index contributed by atoms with van der Waals surface area (Å²) in [7, 11) is -3.13. The third-order valence-electron chi connectivity index (χ3n) is 0. The van der Waals surface area contributed by atoms with Crippen molar-refractivity contribution in [1.82, 2.24) is 0 Å². The molecule has 0 atom stereocenters. The zero-order valence-electron chi connectivity index (χ0n) is 2.51. The van der Waals surface area contributed by atoms with E-state index in [1.165, 1.54) is 0 Å². The minimum absolute atomic E-state index is 0. The van der Waals surface area contributed by atoms with Gasteiger partial charge < -0.3 is 9.59 Å². The molecule has 3 nitrogen and oxygen atoms in total. The van der Waals surface area contributed by atoms with E-state index in [2.05, 4.69) is 0 Å². The van der Waals surface area contributed by atoms with Gasteiger partial charge in [-0.25, -0.2) is 0 Å².